The molecule has 144 valence electrons. The molecule has 0 spiro atoms. The first kappa shape index (κ1) is 19.4. The van der Waals surface area contributed by atoms with Gasteiger partial charge in [-0.15, -0.1) is 0 Å². The molecule has 0 saturated carbocycles. The zero-order chi connectivity index (χ0) is 19.1. The fraction of sp³-hybridized carbons (Fsp3) is 0.409. The standard InChI is InChI=1S/C22H27NO4/c1-2-26-22(25)15-27-20-11-9-16-8-10-19(12-18(16)13-20)23-14-21(24)17-6-4-3-5-7-17/h3-7,9,11,13,19,21,23-24H,2,8,10,12,14-15H2,1H3. The molecular formula is C22H27NO4. The number of ether oxygens (including phenoxy) is 2. The van der Waals surface area contributed by atoms with E-state index >= 15 is 0 Å². The Morgan fingerprint density at radius 2 is 2.04 bits per heavy atom. The summed E-state index contributed by atoms with van der Waals surface area (Å²) in [5.41, 5.74) is 3.48. The summed E-state index contributed by atoms with van der Waals surface area (Å²) in [6, 6.07) is 16.0. The van der Waals surface area contributed by atoms with Crippen molar-refractivity contribution >= 4 is 5.97 Å². The van der Waals surface area contributed by atoms with Gasteiger partial charge in [0.15, 0.2) is 6.61 Å². The van der Waals surface area contributed by atoms with Crippen molar-refractivity contribution in [2.75, 3.05) is 19.8 Å². The van der Waals surface area contributed by atoms with Crippen LogP contribution in [0.2, 0.25) is 0 Å². The van der Waals surface area contributed by atoms with Gasteiger partial charge in [-0.3, -0.25) is 0 Å². The van der Waals surface area contributed by atoms with Gasteiger partial charge in [0.25, 0.3) is 0 Å². The normalized spacial score (nSPS) is 17.0. The van der Waals surface area contributed by atoms with Gasteiger partial charge >= 0.3 is 5.97 Å². The number of fused-ring (bicyclic) bond motifs is 1. The highest BCUT2D eigenvalue weighted by Crippen LogP contribution is 2.26. The minimum atomic E-state index is -0.508. The lowest BCUT2D eigenvalue weighted by Crippen LogP contribution is -2.37. The Morgan fingerprint density at radius 1 is 1.22 bits per heavy atom. The second-order valence-electron chi connectivity index (χ2n) is 6.80. The monoisotopic (exact) mass is 369 g/mol. The Bertz CT molecular complexity index is 747. The molecule has 5 heteroatoms. The number of carbonyl (C=O) groups is 1. The van der Waals surface area contributed by atoms with Crippen molar-refractivity contribution in [3.05, 3.63) is 65.2 Å². The van der Waals surface area contributed by atoms with Crippen LogP contribution in [0.3, 0.4) is 0 Å². The van der Waals surface area contributed by atoms with Crippen LogP contribution >= 0.6 is 0 Å². The lowest BCUT2D eigenvalue weighted by molar-refractivity contribution is -0.145. The molecule has 0 radical (unpaired) electrons. The molecule has 0 fully saturated rings. The van der Waals surface area contributed by atoms with Crippen LogP contribution in [0.25, 0.3) is 0 Å². The Kier molecular flexibility index (Phi) is 6.85. The third-order valence-corrected chi connectivity index (χ3v) is 4.85. The molecule has 2 atom stereocenters. The maximum atomic E-state index is 11.4. The molecule has 2 unspecified atom stereocenters. The van der Waals surface area contributed by atoms with Crippen molar-refractivity contribution in [2.24, 2.45) is 0 Å². The van der Waals surface area contributed by atoms with Crippen molar-refractivity contribution in [1.29, 1.82) is 0 Å². The van der Waals surface area contributed by atoms with E-state index in [0.717, 1.165) is 24.8 Å². The molecule has 2 aromatic carbocycles. The largest absolute Gasteiger partial charge is 0.482 e. The Labute approximate surface area is 160 Å². The topological polar surface area (TPSA) is 67.8 Å². The van der Waals surface area contributed by atoms with Crippen LogP contribution in [0.4, 0.5) is 0 Å². The van der Waals surface area contributed by atoms with E-state index in [1.54, 1.807) is 6.92 Å². The maximum absolute atomic E-state index is 11.4. The van der Waals surface area contributed by atoms with Gasteiger partial charge in [0.1, 0.15) is 5.75 Å². The van der Waals surface area contributed by atoms with E-state index in [4.69, 9.17) is 9.47 Å². The second kappa shape index (κ2) is 9.53. The molecule has 0 heterocycles. The summed E-state index contributed by atoms with van der Waals surface area (Å²) in [5, 5.41) is 13.8. The summed E-state index contributed by atoms with van der Waals surface area (Å²) < 4.78 is 10.4. The van der Waals surface area contributed by atoms with Crippen molar-refractivity contribution in [2.45, 2.75) is 38.3 Å². The first-order valence-corrected chi connectivity index (χ1v) is 9.52. The molecule has 27 heavy (non-hydrogen) atoms. The number of aliphatic hydroxyl groups excluding tert-OH is 1. The average molecular weight is 369 g/mol. The number of carbonyl (C=O) groups excluding carboxylic acids is 1. The summed E-state index contributed by atoms with van der Waals surface area (Å²) in [7, 11) is 0. The third kappa shape index (κ3) is 5.55. The van der Waals surface area contributed by atoms with E-state index in [1.165, 1.54) is 11.1 Å². The molecule has 0 amide bonds. The number of benzene rings is 2. The highest BCUT2D eigenvalue weighted by atomic mass is 16.6. The van der Waals surface area contributed by atoms with Crippen LogP contribution < -0.4 is 10.1 Å². The molecule has 5 nitrogen and oxygen atoms in total. The van der Waals surface area contributed by atoms with Gasteiger partial charge < -0.3 is 19.9 Å². The van der Waals surface area contributed by atoms with Gasteiger partial charge in [0.05, 0.1) is 12.7 Å². The third-order valence-electron chi connectivity index (χ3n) is 4.85. The maximum Gasteiger partial charge on any atom is 0.344 e. The highest BCUT2D eigenvalue weighted by molar-refractivity contribution is 5.71. The van der Waals surface area contributed by atoms with Crippen LogP contribution in [-0.2, 0) is 22.4 Å². The van der Waals surface area contributed by atoms with Gasteiger partial charge in [0.2, 0.25) is 0 Å². The van der Waals surface area contributed by atoms with Gasteiger partial charge in [-0.05, 0) is 55.0 Å². The highest BCUT2D eigenvalue weighted by Gasteiger charge is 2.20. The predicted octanol–water partition coefficient (Wildman–Crippen LogP) is 2.81. The van der Waals surface area contributed by atoms with Gasteiger partial charge in [-0.2, -0.15) is 0 Å². The summed E-state index contributed by atoms with van der Waals surface area (Å²) in [5.74, 6) is 0.330. The predicted molar refractivity (Wildman–Crippen MR) is 104 cm³/mol. The minimum absolute atomic E-state index is 0.0719. The lowest BCUT2D eigenvalue weighted by Gasteiger charge is -2.27. The van der Waals surface area contributed by atoms with E-state index in [2.05, 4.69) is 11.4 Å². The molecule has 0 bridgehead atoms. The first-order valence-electron chi connectivity index (χ1n) is 9.52. The van der Waals surface area contributed by atoms with E-state index in [1.807, 2.05) is 42.5 Å². The SMILES string of the molecule is CCOC(=O)COc1ccc2c(c1)CC(NCC(O)c1ccccc1)CC2. The molecule has 0 saturated heterocycles. The van der Waals surface area contributed by atoms with Gasteiger partial charge in [-0.25, -0.2) is 4.79 Å². The fourth-order valence-corrected chi connectivity index (χ4v) is 3.41. The number of hydrogen-bond donors (Lipinski definition) is 2. The second-order valence-corrected chi connectivity index (χ2v) is 6.80. The van der Waals surface area contributed by atoms with E-state index in [9.17, 15) is 9.90 Å². The molecule has 0 aromatic heterocycles. The van der Waals surface area contributed by atoms with E-state index in [0.29, 0.717) is 24.9 Å². The smallest absolute Gasteiger partial charge is 0.344 e. The summed E-state index contributed by atoms with van der Waals surface area (Å²) in [6.07, 6.45) is 2.41. The van der Waals surface area contributed by atoms with E-state index in [-0.39, 0.29) is 12.6 Å². The van der Waals surface area contributed by atoms with Crippen LogP contribution in [-0.4, -0.2) is 36.9 Å². The number of hydrogen-bond acceptors (Lipinski definition) is 5. The zero-order valence-electron chi connectivity index (χ0n) is 15.7. The van der Waals surface area contributed by atoms with Gasteiger partial charge in [0, 0.05) is 12.6 Å². The van der Waals surface area contributed by atoms with Crippen LogP contribution in [0.5, 0.6) is 5.75 Å². The molecule has 2 N–H and O–H groups in total. The van der Waals surface area contributed by atoms with E-state index < -0.39 is 6.10 Å². The zero-order valence-corrected chi connectivity index (χ0v) is 15.7. The molecular weight excluding hydrogens is 342 g/mol. The van der Waals surface area contributed by atoms with Crippen molar-refractivity contribution < 1.29 is 19.4 Å². The molecule has 1 aliphatic rings. The molecule has 0 aliphatic heterocycles. The van der Waals surface area contributed by atoms with Gasteiger partial charge in [-0.1, -0.05) is 36.4 Å². The number of aryl methyl sites for hydroxylation is 1. The average Bonchev–Trinajstić information content (AvgIpc) is 2.71. The molecule has 3 rings (SSSR count). The van der Waals surface area contributed by atoms with Crippen molar-refractivity contribution in [3.8, 4) is 5.75 Å². The van der Waals surface area contributed by atoms with Crippen LogP contribution in [0, 0.1) is 0 Å². The number of nitrogens with one attached hydrogen (secondary N) is 1. The Balaban J connectivity index is 1.53. The Morgan fingerprint density at radius 3 is 2.81 bits per heavy atom. The van der Waals surface area contributed by atoms with Crippen LogP contribution in [0.1, 0.15) is 36.1 Å². The Hall–Kier alpha value is -2.37. The van der Waals surface area contributed by atoms with Crippen LogP contribution in [0.15, 0.2) is 48.5 Å². The van der Waals surface area contributed by atoms with Crippen molar-refractivity contribution in [1.82, 2.24) is 5.32 Å². The minimum Gasteiger partial charge on any atom is -0.482 e. The lowest BCUT2D eigenvalue weighted by atomic mass is 9.88. The molecule has 2 aromatic rings. The summed E-state index contributed by atoms with van der Waals surface area (Å²) in [6.45, 7) is 2.59. The summed E-state index contributed by atoms with van der Waals surface area (Å²) in [4.78, 5) is 11.4. The summed E-state index contributed by atoms with van der Waals surface area (Å²) >= 11 is 0. The number of esters is 1. The van der Waals surface area contributed by atoms with Crippen molar-refractivity contribution in [3.63, 3.8) is 0 Å². The quantitative estimate of drug-likeness (QED) is 0.701. The fourth-order valence-electron chi connectivity index (χ4n) is 3.41. The first-order chi connectivity index (χ1) is 13.2. The number of rotatable bonds is 8. The molecule has 1 aliphatic carbocycles. The number of aliphatic hydroxyl groups is 1.